The van der Waals surface area contributed by atoms with Crippen LogP contribution in [0.3, 0.4) is 0 Å². The second-order valence-electron chi connectivity index (χ2n) is 5.88. The first-order valence-electron chi connectivity index (χ1n) is 7.82. The number of nitrogens with zero attached hydrogens (tertiary/aromatic N) is 1. The van der Waals surface area contributed by atoms with Crippen molar-refractivity contribution in [2.75, 3.05) is 7.11 Å². The van der Waals surface area contributed by atoms with E-state index < -0.39 is 35.6 Å². The minimum Gasteiger partial charge on any atom is -0.469 e. The third-order valence-electron chi connectivity index (χ3n) is 4.51. The van der Waals surface area contributed by atoms with Crippen LogP contribution in [0, 0.1) is 11.8 Å². The molecule has 1 saturated carbocycles. The van der Waals surface area contributed by atoms with Crippen molar-refractivity contribution in [3.63, 3.8) is 0 Å². The third kappa shape index (κ3) is 2.66. The molecular weight excluding hydrogens is 314 g/mol. The Kier molecular flexibility index (Phi) is 4.33. The van der Waals surface area contributed by atoms with Gasteiger partial charge in [0.15, 0.2) is 0 Å². The largest absolute Gasteiger partial charge is 0.469 e. The number of esters is 1. The van der Waals surface area contributed by atoms with E-state index in [1.807, 2.05) is 0 Å². The first kappa shape index (κ1) is 16.2. The van der Waals surface area contributed by atoms with Crippen molar-refractivity contribution < 1.29 is 28.8 Å². The number of imide groups is 1. The first-order chi connectivity index (χ1) is 11.5. The van der Waals surface area contributed by atoms with Gasteiger partial charge in [-0.2, -0.15) is 0 Å². The molecule has 0 saturated heterocycles. The second kappa shape index (κ2) is 6.43. The molecule has 1 aliphatic heterocycles. The Morgan fingerprint density at radius 1 is 0.958 bits per heavy atom. The zero-order valence-corrected chi connectivity index (χ0v) is 13.2. The molecule has 1 aromatic rings. The molecule has 1 aromatic carbocycles. The number of rotatable bonds is 3. The van der Waals surface area contributed by atoms with Crippen LogP contribution < -0.4 is 0 Å². The van der Waals surface area contributed by atoms with E-state index in [4.69, 9.17) is 9.57 Å². The molecule has 0 aromatic heterocycles. The molecular formula is C17H17NO6. The number of hydroxylamine groups is 2. The van der Waals surface area contributed by atoms with Crippen molar-refractivity contribution in [1.82, 2.24) is 5.06 Å². The van der Waals surface area contributed by atoms with Crippen LogP contribution in [0.5, 0.6) is 0 Å². The molecule has 0 radical (unpaired) electrons. The zero-order valence-electron chi connectivity index (χ0n) is 13.2. The summed E-state index contributed by atoms with van der Waals surface area (Å²) in [5.74, 6) is -3.88. The molecule has 7 heteroatoms. The van der Waals surface area contributed by atoms with Crippen molar-refractivity contribution in [3.8, 4) is 0 Å². The maximum atomic E-state index is 12.5. The number of ether oxygens (including phenoxy) is 1. The normalized spacial score (nSPS) is 23.0. The number of fused-ring (bicyclic) bond motifs is 1. The fourth-order valence-electron chi connectivity index (χ4n) is 3.25. The van der Waals surface area contributed by atoms with Gasteiger partial charge in [0, 0.05) is 0 Å². The lowest BCUT2D eigenvalue weighted by Gasteiger charge is -2.28. The molecule has 0 bridgehead atoms. The summed E-state index contributed by atoms with van der Waals surface area (Å²) in [6.45, 7) is 0. The minimum atomic E-state index is -0.750. The first-order valence-corrected chi connectivity index (χ1v) is 7.82. The summed E-state index contributed by atoms with van der Waals surface area (Å²) < 4.78 is 4.74. The van der Waals surface area contributed by atoms with Gasteiger partial charge in [0.2, 0.25) is 0 Å². The van der Waals surface area contributed by atoms with Crippen LogP contribution in [0.4, 0.5) is 0 Å². The lowest BCUT2D eigenvalue weighted by Crippen LogP contribution is -2.40. The summed E-state index contributed by atoms with van der Waals surface area (Å²) >= 11 is 0. The van der Waals surface area contributed by atoms with Crippen LogP contribution in [-0.4, -0.2) is 35.9 Å². The molecule has 0 N–H and O–H groups in total. The van der Waals surface area contributed by atoms with E-state index in [-0.39, 0.29) is 11.1 Å². The van der Waals surface area contributed by atoms with E-state index in [1.54, 1.807) is 12.1 Å². The van der Waals surface area contributed by atoms with E-state index in [0.29, 0.717) is 17.9 Å². The summed E-state index contributed by atoms with van der Waals surface area (Å²) in [4.78, 5) is 53.8. The number of amides is 2. The molecule has 24 heavy (non-hydrogen) atoms. The molecule has 2 aliphatic rings. The Morgan fingerprint density at radius 3 is 1.96 bits per heavy atom. The molecule has 2 amide bonds. The van der Waals surface area contributed by atoms with Gasteiger partial charge in [0.05, 0.1) is 30.1 Å². The average molecular weight is 331 g/mol. The molecule has 7 nitrogen and oxygen atoms in total. The topological polar surface area (TPSA) is 90.0 Å². The van der Waals surface area contributed by atoms with Crippen LogP contribution in [0.1, 0.15) is 46.4 Å². The van der Waals surface area contributed by atoms with Crippen molar-refractivity contribution in [2.45, 2.75) is 25.7 Å². The predicted molar refractivity (Wildman–Crippen MR) is 80.5 cm³/mol. The molecule has 1 heterocycles. The number of carbonyl (C=O) groups is 4. The van der Waals surface area contributed by atoms with Crippen molar-refractivity contribution in [1.29, 1.82) is 0 Å². The van der Waals surface area contributed by atoms with E-state index in [9.17, 15) is 19.2 Å². The minimum absolute atomic E-state index is 0.198. The number of benzene rings is 1. The molecule has 3 rings (SSSR count). The average Bonchev–Trinajstić information content (AvgIpc) is 2.86. The van der Waals surface area contributed by atoms with Crippen molar-refractivity contribution >= 4 is 23.8 Å². The van der Waals surface area contributed by atoms with Gasteiger partial charge >= 0.3 is 11.9 Å². The Hall–Kier alpha value is -2.70. The van der Waals surface area contributed by atoms with Crippen molar-refractivity contribution in [3.05, 3.63) is 35.4 Å². The van der Waals surface area contributed by atoms with Crippen LogP contribution >= 0.6 is 0 Å². The van der Waals surface area contributed by atoms with Gasteiger partial charge in [-0.15, -0.1) is 0 Å². The fourth-order valence-corrected chi connectivity index (χ4v) is 3.25. The van der Waals surface area contributed by atoms with Gasteiger partial charge in [-0.3, -0.25) is 14.4 Å². The summed E-state index contributed by atoms with van der Waals surface area (Å²) in [7, 11) is 1.27. The standard InChI is InChI=1S/C17H17NO6/c1-23-16(21)12-8-4-5-9-13(12)17(22)24-18-14(19)10-6-2-3-7-11(10)15(18)20/h2-3,6-7,12-13H,4-5,8-9H2,1H3/t12-,13+/m1/s1. The SMILES string of the molecule is COC(=O)[C@@H]1CCCC[C@@H]1C(=O)ON1C(=O)c2ccccc2C1=O. The smallest absolute Gasteiger partial charge is 0.337 e. The van der Waals surface area contributed by atoms with E-state index in [1.165, 1.54) is 19.2 Å². The van der Waals surface area contributed by atoms with Crippen LogP contribution in [0.15, 0.2) is 24.3 Å². The number of carbonyl (C=O) groups excluding carboxylic acids is 4. The lowest BCUT2D eigenvalue weighted by atomic mass is 9.79. The van der Waals surface area contributed by atoms with Crippen LogP contribution in [-0.2, 0) is 19.2 Å². The Bertz CT molecular complexity index is 678. The van der Waals surface area contributed by atoms with Gasteiger partial charge in [-0.1, -0.05) is 30.0 Å². The molecule has 126 valence electrons. The van der Waals surface area contributed by atoms with Gasteiger partial charge in [0.25, 0.3) is 11.8 Å². The maximum Gasteiger partial charge on any atom is 0.337 e. The van der Waals surface area contributed by atoms with E-state index >= 15 is 0 Å². The zero-order chi connectivity index (χ0) is 17.3. The summed E-state index contributed by atoms with van der Waals surface area (Å²) in [5.41, 5.74) is 0.395. The molecule has 1 fully saturated rings. The second-order valence-corrected chi connectivity index (χ2v) is 5.88. The van der Waals surface area contributed by atoms with Gasteiger partial charge < -0.3 is 9.57 Å². The highest BCUT2D eigenvalue weighted by atomic mass is 16.7. The van der Waals surface area contributed by atoms with Gasteiger partial charge in [-0.05, 0) is 25.0 Å². The summed E-state index contributed by atoms with van der Waals surface area (Å²) in [6, 6.07) is 6.26. The third-order valence-corrected chi connectivity index (χ3v) is 4.51. The quantitative estimate of drug-likeness (QED) is 0.619. The number of methoxy groups -OCH3 is 1. The summed E-state index contributed by atoms with van der Waals surface area (Å²) in [6.07, 6.45) is 2.57. The predicted octanol–water partition coefficient (Wildman–Crippen LogP) is 1.72. The summed E-state index contributed by atoms with van der Waals surface area (Å²) in [5, 5.41) is 0.482. The van der Waals surface area contributed by atoms with Gasteiger partial charge in [0.1, 0.15) is 0 Å². The Balaban J connectivity index is 1.76. The van der Waals surface area contributed by atoms with Crippen LogP contribution in [0.2, 0.25) is 0 Å². The highest BCUT2D eigenvalue weighted by molar-refractivity contribution is 6.20. The molecule has 0 unspecified atom stereocenters. The number of hydrogen-bond donors (Lipinski definition) is 0. The molecule has 1 aliphatic carbocycles. The van der Waals surface area contributed by atoms with Gasteiger partial charge in [-0.25, -0.2) is 4.79 Å². The monoisotopic (exact) mass is 331 g/mol. The highest BCUT2D eigenvalue weighted by Gasteiger charge is 2.43. The molecule has 0 spiro atoms. The Morgan fingerprint density at radius 2 is 1.46 bits per heavy atom. The van der Waals surface area contributed by atoms with E-state index in [2.05, 4.69) is 0 Å². The van der Waals surface area contributed by atoms with Crippen molar-refractivity contribution in [2.24, 2.45) is 11.8 Å². The maximum absolute atomic E-state index is 12.5. The lowest BCUT2D eigenvalue weighted by molar-refractivity contribution is -0.180. The number of hydrogen-bond acceptors (Lipinski definition) is 6. The fraction of sp³-hybridized carbons (Fsp3) is 0.412. The van der Waals surface area contributed by atoms with Crippen LogP contribution in [0.25, 0.3) is 0 Å². The Labute approximate surface area is 138 Å². The highest BCUT2D eigenvalue weighted by Crippen LogP contribution is 2.33. The van der Waals surface area contributed by atoms with E-state index in [0.717, 1.165) is 12.8 Å². The molecule has 2 atom stereocenters.